The van der Waals surface area contributed by atoms with Gasteiger partial charge in [-0.15, -0.1) is 11.3 Å². The number of hydrogen-bond acceptors (Lipinski definition) is 3. The standard InChI is InChI=1S/C9H12N2S/c1-7(11)2-3-8-4-5-12-9(8)6-10/h4-5,7H,2-3,11H2,1H3. The maximum absolute atomic E-state index is 8.70. The summed E-state index contributed by atoms with van der Waals surface area (Å²) in [6.45, 7) is 1.98. The van der Waals surface area contributed by atoms with Crippen molar-refractivity contribution in [3.8, 4) is 6.07 Å². The summed E-state index contributed by atoms with van der Waals surface area (Å²) in [7, 11) is 0. The Morgan fingerprint density at radius 3 is 3.08 bits per heavy atom. The molecule has 0 amide bonds. The molecule has 0 bridgehead atoms. The first-order chi connectivity index (χ1) is 5.74. The van der Waals surface area contributed by atoms with Crippen molar-refractivity contribution in [3.63, 3.8) is 0 Å². The molecule has 0 saturated carbocycles. The van der Waals surface area contributed by atoms with Crippen LogP contribution in [-0.2, 0) is 6.42 Å². The van der Waals surface area contributed by atoms with Gasteiger partial charge in [0, 0.05) is 6.04 Å². The molecule has 0 radical (unpaired) electrons. The van der Waals surface area contributed by atoms with Crippen LogP contribution in [0.4, 0.5) is 0 Å². The first-order valence-corrected chi connectivity index (χ1v) is 4.84. The third-order valence-electron chi connectivity index (χ3n) is 1.72. The summed E-state index contributed by atoms with van der Waals surface area (Å²) < 4.78 is 0. The van der Waals surface area contributed by atoms with Crippen molar-refractivity contribution in [1.29, 1.82) is 5.26 Å². The largest absolute Gasteiger partial charge is 0.328 e. The highest BCUT2D eigenvalue weighted by Crippen LogP contribution is 2.17. The van der Waals surface area contributed by atoms with Crippen molar-refractivity contribution < 1.29 is 0 Å². The molecule has 1 atom stereocenters. The normalized spacial score (nSPS) is 12.4. The van der Waals surface area contributed by atoms with Gasteiger partial charge < -0.3 is 5.73 Å². The van der Waals surface area contributed by atoms with E-state index in [2.05, 4.69) is 6.07 Å². The molecule has 0 aliphatic carbocycles. The molecule has 1 unspecified atom stereocenters. The maximum atomic E-state index is 8.70. The van der Waals surface area contributed by atoms with Crippen molar-refractivity contribution in [1.82, 2.24) is 0 Å². The molecule has 0 saturated heterocycles. The van der Waals surface area contributed by atoms with Gasteiger partial charge in [-0.1, -0.05) is 0 Å². The van der Waals surface area contributed by atoms with Gasteiger partial charge in [0.25, 0.3) is 0 Å². The lowest BCUT2D eigenvalue weighted by Gasteiger charge is -2.02. The summed E-state index contributed by atoms with van der Waals surface area (Å²) in [5.74, 6) is 0. The zero-order valence-corrected chi connectivity index (χ0v) is 7.90. The minimum Gasteiger partial charge on any atom is -0.328 e. The number of hydrogen-bond donors (Lipinski definition) is 1. The second kappa shape index (κ2) is 4.24. The van der Waals surface area contributed by atoms with E-state index in [1.165, 1.54) is 11.3 Å². The zero-order valence-electron chi connectivity index (χ0n) is 7.08. The van der Waals surface area contributed by atoms with Crippen LogP contribution in [-0.4, -0.2) is 6.04 Å². The molecule has 1 aromatic heterocycles. The first-order valence-electron chi connectivity index (χ1n) is 3.96. The van der Waals surface area contributed by atoms with Crippen LogP contribution in [0.15, 0.2) is 11.4 Å². The van der Waals surface area contributed by atoms with E-state index in [1.807, 2.05) is 18.4 Å². The molecule has 64 valence electrons. The molecule has 0 spiro atoms. The van der Waals surface area contributed by atoms with Gasteiger partial charge in [0.2, 0.25) is 0 Å². The number of nitrogens with two attached hydrogens (primary N) is 1. The molecule has 1 aromatic rings. The van der Waals surface area contributed by atoms with Gasteiger partial charge >= 0.3 is 0 Å². The summed E-state index contributed by atoms with van der Waals surface area (Å²) in [5, 5.41) is 10.7. The number of aryl methyl sites for hydroxylation is 1. The fourth-order valence-corrected chi connectivity index (χ4v) is 1.76. The fourth-order valence-electron chi connectivity index (χ4n) is 1.01. The molecule has 1 rings (SSSR count). The third-order valence-corrected chi connectivity index (χ3v) is 2.58. The topological polar surface area (TPSA) is 49.8 Å². The Hall–Kier alpha value is -0.850. The second-order valence-electron chi connectivity index (χ2n) is 2.90. The van der Waals surface area contributed by atoms with E-state index in [9.17, 15) is 0 Å². The fraction of sp³-hybridized carbons (Fsp3) is 0.444. The van der Waals surface area contributed by atoms with Crippen LogP contribution in [0.2, 0.25) is 0 Å². The smallest absolute Gasteiger partial charge is 0.110 e. The average Bonchev–Trinajstić information content (AvgIpc) is 2.47. The van der Waals surface area contributed by atoms with Gasteiger partial charge in [0.1, 0.15) is 10.9 Å². The third kappa shape index (κ3) is 2.33. The summed E-state index contributed by atoms with van der Waals surface area (Å²) in [4.78, 5) is 0.829. The van der Waals surface area contributed by atoms with E-state index in [0.29, 0.717) is 0 Å². The Morgan fingerprint density at radius 1 is 1.75 bits per heavy atom. The summed E-state index contributed by atoms with van der Waals surface area (Å²) >= 11 is 1.50. The highest BCUT2D eigenvalue weighted by atomic mass is 32.1. The Balaban J connectivity index is 2.58. The molecular weight excluding hydrogens is 168 g/mol. The second-order valence-corrected chi connectivity index (χ2v) is 3.82. The molecule has 2 nitrogen and oxygen atoms in total. The summed E-state index contributed by atoms with van der Waals surface area (Å²) in [5.41, 5.74) is 6.76. The van der Waals surface area contributed by atoms with E-state index < -0.39 is 0 Å². The monoisotopic (exact) mass is 180 g/mol. The zero-order chi connectivity index (χ0) is 8.97. The van der Waals surface area contributed by atoms with Crippen LogP contribution in [0, 0.1) is 11.3 Å². The molecule has 0 aliphatic heterocycles. The molecule has 12 heavy (non-hydrogen) atoms. The van der Waals surface area contributed by atoms with E-state index in [4.69, 9.17) is 11.0 Å². The Bertz CT molecular complexity index is 283. The molecule has 0 fully saturated rings. The molecule has 3 heteroatoms. The Labute approximate surface area is 76.6 Å². The van der Waals surface area contributed by atoms with Gasteiger partial charge in [-0.25, -0.2) is 0 Å². The quantitative estimate of drug-likeness (QED) is 0.772. The minimum absolute atomic E-state index is 0.219. The minimum atomic E-state index is 0.219. The average molecular weight is 180 g/mol. The Morgan fingerprint density at radius 2 is 2.50 bits per heavy atom. The van der Waals surface area contributed by atoms with E-state index in [1.54, 1.807) is 0 Å². The maximum Gasteiger partial charge on any atom is 0.110 e. The molecule has 0 aromatic carbocycles. The predicted molar refractivity (Wildman–Crippen MR) is 51.0 cm³/mol. The Kier molecular flexibility index (Phi) is 3.27. The van der Waals surface area contributed by atoms with Crippen molar-refractivity contribution in [2.75, 3.05) is 0 Å². The van der Waals surface area contributed by atoms with Crippen LogP contribution < -0.4 is 5.73 Å². The van der Waals surface area contributed by atoms with Crippen LogP contribution in [0.5, 0.6) is 0 Å². The SMILES string of the molecule is CC(N)CCc1ccsc1C#N. The lowest BCUT2D eigenvalue weighted by atomic mass is 10.1. The van der Waals surface area contributed by atoms with Crippen molar-refractivity contribution >= 4 is 11.3 Å². The van der Waals surface area contributed by atoms with Gasteiger partial charge in [0.15, 0.2) is 0 Å². The molecular formula is C9H12N2S. The lowest BCUT2D eigenvalue weighted by Crippen LogP contribution is -2.15. The number of nitriles is 1. The molecule has 1 heterocycles. The number of thiophene rings is 1. The van der Waals surface area contributed by atoms with Gasteiger partial charge in [-0.3, -0.25) is 0 Å². The van der Waals surface area contributed by atoms with E-state index in [0.717, 1.165) is 23.3 Å². The van der Waals surface area contributed by atoms with Crippen molar-refractivity contribution in [2.45, 2.75) is 25.8 Å². The number of rotatable bonds is 3. The predicted octanol–water partition coefficient (Wildman–Crippen LogP) is 1.90. The first kappa shape index (κ1) is 9.24. The van der Waals surface area contributed by atoms with Gasteiger partial charge in [-0.2, -0.15) is 5.26 Å². The van der Waals surface area contributed by atoms with Gasteiger partial charge in [0.05, 0.1) is 0 Å². The van der Waals surface area contributed by atoms with Crippen LogP contribution >= 0.6 is 11.3 Å². The van der Waals surface area contributed by atoms with Crippen LogP contribution in [0.25, 0.3) is 0 Å². The van der Waals surface area contributed by atoms with Gasteiger partial charge in [-0.05, 0) is 36.8 Å². The molecule has 2 N–H and O–H groups in total. The van der Waals surface area contributed by atoms with Crippen LogP contribution in [0.1, 0.15) is 23.8 Å². The number of nitrogens with zero attached hydrogens (tertiary/aromatic N) is 1. The highest BCUT2D eigenvalue weighted by molar-refractivity contribution is 7.10. The summed E-state index contributed by atoms with van der Waals surface area (Å²) in [6.07, 6.45) is 1.87. The lowest BCUT2D eigenvalue weighted by molar-refractivity contribution is 0.666. The van der Waals surface area contributed by atoms with E-state index in [-0.39, 0.29) is 6.04 Å². The van der Waals surface area contributed by atoms with E-state index >= 15 is 0 Å². The van der Waals surface area contributed by atoms with Crippen molar-refractivity contribution in [3.05, 3.63) is 21.9 Å². The highest BCUT2D eigenvalue weighted by Gasteiger charge is 2.03. The van der Waals surface area contributed by atoms with Crippen molar-refractivity contribution in [2.24, 2.45) is 5.73 Å². The van der Waals surface area contributed by atoms with Crippen LogP contribution in [0.3, 0.4) is 0 Å². The summed E-state index contributed by atoms with van der Waals surface area (Å²) in [6, 6.07) is 4.40. The molecule has 0 aliphatic rings.